The van der Waals surface area contributed by atoms with Gasteiger partial charge in [-0.2, -0.15) is 0 Å². The van der Waals surface area contributed by atoms with Crippen molar-refractivity contribution in [3.05, 3.63) is 47.0 Å². The zero-order valence-electron chi connectivity index (χ0n) is 9.05. The first-order valence-corrected chi connectivity index (χ1v) is 4.76. The van der Waals surface area contributed by atoms with Gasteiger partial charge in [-0.1, -0.05) is 24.8 Å². The Hall–Kier alpha value is -1.37. The second-order valence-corrected chi connectivity index (χ2v) is 3.75. The monoisotopic (exact) mass is 188 g/mol. The Morgan fingerprint density at radius 3 is 2.21 bits per heavy atom. The van der Waals surface area contributed by atoms with Gasteiger partial charge in [0.15, 0.2) is 5.78 Å². The Morgan fingerprint density at radius 1 is 1.29 bits per heavy atom. The summed E-state index contributed by atoms with van der Waals surface area (Å²) in [5, 5.41) is 0. The lowest BCUT2D eigenvalue weighted by molar-refractivity contribution is -0.114. The first-order valence-electron chi connectivity index (χ1n) is 4.76. The van der Waals surface area contributed by atoms with Gasteiger partial charge in [-0.15, -0.1) is 0 Å². The van der Waals surface area contributed by atoms with Crippen LogP contribution in [0, 0.1) is 13.8 Å². The van der Waals surface area contributed by atoms with Crippen molar-refractivity contribution < 1.29 is 4.79 Å². The van der Waals surface area contributed by atoms with Gasteiger partial charge in [0.1, 0.15) is 0 Å². The van der Waals surface area contributed by atoms with E-state index in [0.29, 0.717) is 12.0 Å². The van der Waals surface area contributed by atoms with E-state index in [1.807, 2.05) is 32.0 Å². The normalized spacial score (nSPS) is 9.93. The Bertz CT molecular complexity index is 355. The summed E-state index contributed by atoms with van der Waals surface area (Å²) in [7, 11) is 0. The molecule has 1 aromatic rings. The van der Waals surface area contributed by atoms with Crippen LogP contribution in [0.2, 0.25) is 0 Å². The highest BCUT2D eigenvalue weighted by Gasteiger charge is 2.08. The Labute approximate surface area is 85.5 Å². The van der Waals surface area contributed by atoms with Gasteiger partial charge in [-0.3, -0.25) is 4.79 Å². The minimum atomic E-state index is 0.127. The second kappa shape index (κ2) is 4.23. The van der Waals surface area contributed by atoms with Crippen LogP contribution >= 0.6 is 0 Å². The van der Waals surface area contributed by atoms with Gasteiger partial charge in [0.05, 0.1) is 0 Å². The standard InChI is InChI=1S/C13H16O/c1-9(2)13(14)8-12-10(3)6-5-7-11(12)4/h5-7H,1,8H2,2-4H3. The maximum absolute atomic E-state index is 11.5. The Balaban J connectivity index is 2.97. The summed E-state index contributed by atoms with van der Waals surface area (Å²) in [5.41, 5.74) is 4.13. The molecule has 0 unspecified atom stereocenters. The van der Waals surface area contributed by atoms with Gasteiger partial charge >= 0.3 is 0 Å². The highest BCUT2D eigenvalue weighted by molar-refractivity contribution is 5.95. The van der Waals surface area contributed by atoms with Crippen molar-refractivity contribution in [1.82, 2.24) is 0 Å². The summed E-state index contributed by atoms with van der Waals surface area (Å²) >= 11 is 0. The highest BCUT2D eigenvalue weighted by Crippen LogP contribution is 2.15. The molecule has 14 heavy (non-hydrogen) atoms. The predicted octanol–water partition coefficient (Wildman–Crippen LogP) is 2.99. The number of benzene rings is 1. The summed E-state index contributed by atoms with van der Waals surface area (Å²) in [4.78, 5) is 11.5. The van der Waals surface area contributed by atoms with Crippen LogP contribution in [0.1, 0.15) is 23.6 Å². The lowest BCUT2D eigenvalue weighted by Gasteiger charge is -2.08. The molecule has 0 aromatic heterocycles. The van der Waals surface area contributed by atoms with Gasteiger partial charge in [0, 0.05) is 6.42 Å². The maximum atomic E-state index is 11.5. The van der Waals surface area contributed by atoms with E-state index in [1.165, 1.54) is 11.1 Å². The fourth-order valence-corrected chi connectivity index (χ4v) is 1.44. The van der Waals surface area contributed by atoms with Crippen molar-refractivity contribution in [2.75, 3.05) is 0 Å². The lowest BCUT2D eigenvalue weighted by atomic mass is 9.96. The molecule has 0 N–H and O–H groups in total. The number of carbonyl (C=O) groups is 1. The van der Waals surface area contributed by atoms with E-state index in [-0.39, 0.29) is 5.78 Å². The average Bonchev–Trinajstić information content (AvgIpc) is 2.11. The van der Waals surface area contributed by atoms with E-state index in [4.69, 9.17) is 0 Å². The predicted molar refractivity (Wildman–Crippen MR) is 59.4 cm³/mol. The smallest absolute Gasteiger partial charge is 0.162 e. The first kappa shape index (κ1) is 10.7. The van der Waals surface area contributed by atoms with Crippen LogP contribution < -0.4 is 0 Å². The van der Waals surface area contributed by atoms with E-state index in [2.05, 4.69) is 6.58 Å². The third kappa shape index (κ3) is 2.32. The molecular weight excluding hydrogens is 172 g/mol. The molecule has 0 amide bonds. The largest absolute Gasteiger partial charge is 0.294 e. The average molecular weight is 188 g/mol. The molecule has 0 aliphatic carbocycles. The number of aryl methyl sites for hydroxylation is 2. The van der Waals surface area contributed by atoms with Crippen molar-refractivity contribution in [3.8, 4) is 0 Å². The van der Waals surface area contributed by atoms with E-state index in [0.717, 1.165) is 5.56 Å². The summed E-state index contributed by atoms with van der Waals surface area (Å²) < 4.78 is 0. The first-order chi connectivity index (χ1) is 6.52. The molecule has 0 radical (unpaired) electrons. The zero-order valence-corrected chi connectivity index (χ0v) is 9.05. The lowest BCUT2D eigenvalue weighted by Crippen LogP contribution is -2.06. The molecule has 0 heterocycles. The van der Waals surface area contributed by atoms with E-state index in [1.54, 1.807) is 6.92 Å². The van der Waals surface area contributed by atoms with Crippen LogP contribution in [-0.4, -0.2) is 5.78 Å². The number of allylic oxidation sites excluding steroid dienone is 1. The van der Waals surface area contributed by atoms with Crippen molar-refractivity contribution >= 4 is 5.78 Å². The molecule has 74 valence electrons. The second-order valence-electron chi connectivity index (χ2n) is 3.75. The van der Waals surface area contributed by atoms with Crippen LogP contribution in [0.15, 0.2) is 30.4 Å². The Morgan fingerprint density at radius 2 is 1.79 bits per heavy atom. The molecule has 0 aliphatic rings. The van der Waals surface area contributed by atoms with Crippen molar-refractivity contribution in [3.63, 3.8) is 0 Å². The van der Waals surface area contributed by atoms with Crippen LogP contribution in [0.3, 0.4) is 0 Å². The van der Waals surface area contributed by atoms with Gasteiger partial charge < -0.3 is 0 Å². The number of Topliss-reactive ketones (excluding diaryl/α,β-unsaturated/α-hetero) is 1. The van der Waals surface area contributed by atoms with Crippen LogP contribution in [0.5, 0.6) is 0 Å². The fraction of sp³-hybridized carbons (Fsp3) is 0.308. The number of hydrogen-bond donors (Lipinski definition) is 0. The summed E-state index contributed by atoms with van der Waals surface area (Å²) in [6.45, 7) is 9.49. The molecule has 0 aliphatic heterocycles. The van der Waals surface area contributed by atoms with Crippen LogP contribution in [0.4, 0.5) is 0 Å². The van der Waals surface area contributed by atoms with E-state index in [9.17, 15) is 4.79 Å². The quantitative estimate of drug-likeness (QED) is 0.666. The molecule has 1 heteroatoms. The maximum Gasteiger partial charge on any atom is 0.162 e. The third-order valence-electron chi connectivity index (χ3n) is 2.46. The topological polar surface area (TPSA) is 17.1 Å². The summed E-state index contributed by atoms with van der Waals surface area (Å²) in [6.07, 6.45) is 0.480. The van der Waals surface area contributed by atoms with E-state index < -0.39 is 0 Å². The minimum Gasteiger partial charge on any atom is -0.294 e. The molecule has 1 rings (SSSR count). The fourth-order valence-electron chi connectivity index (χ4n) is 1.44. The molecule has 0 atom stereocenters. The third-order valence-corrected chi connectivity index (χ3v) is 2.46. The number of hydrogen-bond acceptors (Lipinski definition) is 1. The molecular formula is C13H16O. The molecule has 0 spiro atoms. The minimum absolute atomic E-state index is 0.127. The van der Waals surface area contributed by atoms with E-state index >= 15 is 0 Å². The Kier molecular flexibility index (Phi) is 3.23. The van der Waals surface area contributed by atoms with Crippen LogP contribution in [-0.2, 0) is 11.2 Å². The van der Waals surface area contributed by atoms with Gasteiger partial charge in [-0.05, 0) is 43.0 Å². The summed E-state index contributed by atoms with van der Waals surface area (Å²) in [5.74, 6) is 0.127. The molecule has 1 nitrogen and oxygen atoms in total. The van der Waals surface area contributed by atoms with Gasteiger partial charge in [0.2, 0.25) is 0 Å². The number of carbonyl (C=O) groups excluding carboxylic acids is 1. The zero-order chi connectivity index (χ0) is 10.7. The van der Waals surface area contributed by atoms with Crippen molar-refractivity contribution in [2.24, 2.45) is 0 Å². The molecule has 0 saturated heterocycles. The summed E-state index contributed by atoms with van der Waals surface area (Å²) in [6, 6.07) is 6.08. The van der Waals surface area contributed by atoms with Gasteiger partial charge in [0.25, 0.3) is 0 Å². The van der Waals surface area contributed by atoms with Crippen molar-refractivity contribution in [2.45, 2.75) is 27.2 Å². The molecule has 1 aromatic carbocycles. The number of rotatable bonds is 3. The molecule has 0 bridgehead atoms. The number of ketones is 1. The van der Waals surface area contributed by atoms with Gasteiger partial charge in [-0.25, -0.2) is 0 Å². The molecule has 0 saturated carbocycles. The SMILES string of the molecule is C=C(C)C(=O)Cc1c(C)cccc1C. The highest BCUT2D eigenvalue weighted by atomic mass is 16.1. The molecule has 0 fully saturated rings. The van der Waals surface area contributed by atoms with Crippen molar-refractivity contribution in [1.29, 1.82) is 0 Å². The van der Waals surface area contributed by atoms with Crippen LogP contribution in [0.25, 0.3) is 0 Å².